The standard InChI is InChI=1S/C27H31N5O3S/c1-4-35-23-8-6-5-7-20(23)18(2)15-25(33)30-27-22(16-28)21-9-12-32(17-24(21)36-27)26(34)10-13-31-14-11-29-19(31)3/h5-8,11,14,18H,4,9-10,12-13,15,17H2,1-3H3,(H,30,33). The van der Waals surface area contributed by atoms with Crippen molar-refractivity contribution in [1.82, 2.24) is 14.5 Å². The van der Waals surface area contributed by atoms with Crippen LogP contribution >= 0.6 is 11.3 Å². The molecule has 0 aliphatic carbocycles. The molecule has 2 aromatic heterocycles. The molecule has 0 saturated heterocycles. The van der Waals surface area contributed by atoms with Crippen LogP contribution in [0.4, 0.5) is 5.00 Å². The number of carbonyl (C=O) groups is 2. The second-order valence-electron chi connectivity index (χ2n) is 8.93. The molecule has 2 amide bonds. The summed E-state index contributed by atoms with van der Waals surface area (Å²) < 4.78 is 7.68. The molecule has 0 radical (unpaired) electrons. The van der Waals surface area contributed by atoms with Gasteiger partial charge >= 0.3 is 0 Å². The van der Waals surface area contributed by atoms with Crippen LogP contribution in [-0.2, 0) is 29.1 Å². The molecule has 188 valence electrons. The second-order valence-corrected chi connectivity index (χ2v) is 10.0. The van der Waals surface area contributed by atoms with E-state index in [2.05, 4.69) is 16.4 Å². The Labute approximate surface area is 215 Å². The summed E-state index contributed by atoms with van der Waals surface area (Å²) in [4.78, 5) is 32.8. The average Bonchev–Trinajstić information content (AvgIpc) is 3.44. The molecule has 8 nitrogen and oxygen atoms in total. The molecule has 4 rings (SSSR count). The van der Waals surface area contributed by atoms with Crippen LogP contribution in [0.15, 0.2) is 36.7 Å². The largest absolute Gasteiger partial charge is 0.494 e. The SMILES string of the molecule is CCOc1ccccc1C(C)CC(=O)Nc1sc2c(c1C#N)CCN(C(=O)CCn1ccnc1C)C2. The number of aromatic nitrogens is 2. The molecule has 36 heavy (non-hydrogen) atoms. The van der Waals surface area contributed by atoms with E-state index >= 15 is 0 Å². The first-order valence-electron chi connectivity index (χ1n) is 12.2. The third-order valence-corrected chi connectivity index (χ3v) is 7.64. The summed E-state index contributed by atoms with van der Waals surface area (Å²) in [7, 11) is 0. The van der Waals surface area contributed by atoms with Crippen molar-refractivity contribution in [2.45, 2.75) is 59.0 Å². The lowest BCUT2D eigenvalue weighted by Gasteiger charge is -2.27. The maximum absolute atomic E-state index is 12.9. The maximum atomic E-state index is 12.9. The predicted molar refractivity (Wildman–Crippen MR) is 139 cm³/mol. The maximum Gasteiger partial charge on any atom is 0.225 e. The van der Waals surface area contributed by atoms with Gasteiger partial charge in [-0.25, -0.2) is 4.98 Å². The van der Waals surface area contributed by atoms with Crippen LogP contribution in [0.1, 0.15) is 60.0 Å². The number of fused-ring (bicyclic) bond motifs is 1. The minimum atomic E-state index is -0.146. The number of nitriles is 1. The van der Waals surface area contributed by atoms with Gasteiger partial charge in [-0.2, -0.15) is 5.26 Å². The molecule has 3 aromatic rings. The summed E-state index contributed by atoms with van der Waals surface area (Å²) in [6, 6.07) is 10.0. The van der Waals surface area contributed by atoms with E-state index in [0.717, 1.165) is 27.6 Å². The van der Waals surface area contributed by atoms with Gasteiger partial charge in [0.2, 0.25) is 11.8 Å². The lowest BCUT2D eigenvalue weighted by Crippen LogP contribution is -2.35. The van der Waals surface area contributed by atoms with Crippen molar-refractivity contribution < 1.29 is 14.3 Å². The molecule has 0 spiro atoms. The van der Waals surface area contributed by atoms with E-state index in [1.54, 1.807) is 6.20 Å². The number of hydrogen-bond donors (Lipinski definition) is 1. The molecule has 1 aromatic carbocycles. The third kappa shape index (κ3) is 5.60. The number of amides is 2. The van der Waals surface area contributed by atoms with Gasteiger partial charge in [0.05, 0.1) is 18.7 Å². The van der Waals surface area contributed by atoms with Crippen molar-refractivity contribution in [3.63, 3.8) is 0 Å². The van der Waals surface area contributed by atoms with Gasteiger partial charge in [0, 0.05) is 43.2 Å². The highest BCUT2D eigenvalue weighted by atomic mass is 32.1. The second kappa shape index (κ2) is 11.4. The van der Waals surface area contributed by atoms with E-state index < -0.39 is 0 Å². The Hall–Kier alpha value is -3.64. The molecule has 0 saturated carbocycles. The number of benzene rings is 1. The summed E-state index contributed by atoms with van der Waals surface area (Å²) in [5, 5.41) is 13.4. The lowest BCUT2D eigenvalue weighted by molar-refractivity contribution is -0.132. The van der Waals surface area contributed by atoms with Gasteiger partial charge < -0.3 is 19.5 Å². The quantitative estimate of drug-likeness (QED) is 0.457. The molecule has 1 atom stereocenters. The highest BCUT2D eigenvalue weighted by Crippen LogP contribution is 2.37. The number of nitrogens with one attached hydrogen (secondary N) is 1. The Morgan fingerprint density at radius 1 is 1.33 bits per heavy atom. The van der Waals surface area contributed by atoms with Crippen molar-refractivity contribution in [3.8, 4) is 11.8 Å². The van der Waals surface area contributed by atoms with E-state index in [9.17, 15) is 14.9 Å². The van der Waals surface area contributed by atoms with Gasteiger partial charge in [-0.3, -0.25) is 9.59 Å². The van der Waals surface area contributed by atoms with Crippen molar-refractivity contribution in [3.05, 3.63) is 64.1 Å². The van der Waals surface area contributed by atoms with Gasteiger partial charge in [-0.1, -0.05) is 25.1 Å². The average molecular weight is 506 g/mol. The Kier molecular flexibility index (Phi) is 8.06. The lowest BCUT2D eigenvalue weighted by atomic mass is 9.96. The number of nitrogens with zero attached hydrogens (tertiary/aromatic N) is 4. The normalized spacial score (nSPS) is 13.6. The highest BCUT2D eigenvalue weighted by molar-refractivity contribution is 7.16. The first-order valence-corrected chi connectivity index (χ1v) is 13.0. The van der Waals surface area contributed by atoms with Crippen LogP contribution in [0.2, 0.25) is 0 Å². The molecule has 1 unspecified atom stereocenters. The first kappa shape index (κ1) is 25.5. The predicted octanol–water partition coefficient (Wildman–Crippen LogP) is 4.63. The van der Waals surface area contributed by atoms with Crippen LogP contribution in [0, 0.1) is 18.3 Å². The minimum absolute atomic E-state index is 0.0416. The number of carbonyl (C=O) groups excluding carboxylic acids is 2. The fraction of sp³-hybridized carbons (Fsp3) is 0.407. The zero-order valence-electron chi connectivity index (χ0n) is 20.9. The number of imidazole rings is 1. The van der Waals surface area contributed by atoms with E-state index in [0.29, 0.717) is 49.6 Å². The van der Waals surface area contributed by atoms with Gasteiger partial charge in [0.15, 0.2) is 0 Å². The summed E-state index contributed by atoms with van der Waals surface area (Å²) in [6.07, 6.45) is 4.89. The van der Waals surface area contributed by atoms with Gasteiger partial charge in [0.1, 0.15) is 22.6 Å². The summed E-state index contributed by atoms with van der Waals surface area (Å²) in [5.74, 6) is 1.56. The highest BCUT2D eigenvalue weighted by Gasteiger charge is 2.28. The number of ether oxygens (including phenoxy) is 1. The van der Waals surface area contributed by atoms with E-state index in [4.69, 9.17) is 4.74 Å². The topological polar surface area (TPSA) is 100 Å². The van der Waals surface area contributed by atoms with Crippen LogP contribution < -0.4 is 10.1 Å². The molecule has 0 fully saturated rings. The molecular weight excluding hydrogens is 474 g/mol. The first-order chi connectivity index (χ1) is 17.4. The molecule has 1 aliphatic rings. The monoisotopic (exact) mass is 505 g/mol. The van der Waals surface area contributed by atoms with Crippen LogP contribution in [0.25, 0.3) is 0 Å². The van der Waals surface area contributed by atoms with Crippen molar-refractivity contribution >= 4 is 28.2 Å². The van der Waals surface area contributed by atoms with Crippen LogP contribution in [0.5, 0.6) is 5.75 Å². The zero-order valence-corrected chi connectivity index (χ0v) is 21.7. The number of aryl methyl sites for hydroxylation is 2. The number of rotatable bonds is 9. The number of thiophene rings is 1. The van der Waals surface area contributed by atoms with Crippen molar-refractivity contribution in [1.29, 1.82) is 5.26 Å². The van der Waals surface area contributed by atoms with Gasteiger partial charge in [-0.05, 0) is 43.4 Å². The van der Waals surface area contributed by atoms with E-state index in [-0.39, 0.29) is 24.2 Å². The Bertz CT molecular complexity index is 1290. The van der Waals surface area contributed by atoms with Crippen LogP contribution in [-0.4, -0.2) is 39.4 Å². The number of hydrogen-bond acceptors (Lipinski definition) is 6. The number of anilines is 1. The van der Waals surface area contributed by atoms with Gasteiger partial charge in [-0.15, -0.1) is 11.3 Å². The van der Waals surface area contributed by atoms with Crippen LogP contribution in [0.3, 0.4) is 0 Å². The molecule has 0 bridgehead atoms. The summed E-state index contributed by atoms with van der Waals surface area (Å²) in [5.41, 5.74) is 2.45. The Morgan fingerprint density at radius 2 is 2.14 bits per heavy atom. The van der Waals surface area contributed by atoms with E-state index in [1.165, 1.54) is 11.3 Å². The zero-order chi connectivity index (χ0) is 25.7. The van der Waals surface area contributed by atoms with Crippen molar-refractivity contribution in [2.75, 3.05) is 18.5 Å². The minimum Gasteiger partial charge on any atom is -0.494 e. The molecular formula is C27H31N5O3S. The fourth-order valence-electron chi connectivity index (χ4n) is 4.58. The fourth-order valence-corrected chi connectivity index (χ4v) is 5.81. The summed E-state index contributed by atoms with van der Waals surface area (Å²) >= 11 is 1.40. The molecule has 9 heteroatoms. The smallest absolute Gasteiger partial charge is 0.225 e. The molecule has 3 heterocycles. The molecule has 1 N–H and O–H groups in total. The third-order valence-electron chi connectivity index (χ3n) is 6.51. The van der Waals surface area contributed by atoms with Gasteiger partial charge in [0.25, 0.3) is 0 Å². The summed E-state index contributed by atoms with van der Waals surface area (Å²) in [6.45, 7) is 8.03. The number of para-hydroxylation sites is 1. The van der Waals surface area contributed by atoms with Crippen molar-refractivity contribution in [2.24, 2.45) is 0 Å². The Morgan fingerprint density at radius 3 is 2.86 bits per heavy atom. The van der Waals surface area contributed by atoms with E-state index in [1.807, 2.05) is 60.7 Å². The molecule has 1 aliphatic heterocycles. The Balaban J connectivity index is 1.40.